The molecule has 1 heterocycles. The van der Waals surface area contributed by atoms with Crippen molar-refractivity contribution in [3.63, 3.8) is 0 Å². The first kappa shape index (κ1) is 10.6. The Labute approximate surface area is 95.1 Å². The minimum absolute atomic E-state index is 0.399. The van der Waals surface area contributed by atoms with Crippen molar-refractivity contribution in [3.8, 4) is 17.1 Å². The van der Waals surface area contributed by atoms with E-state index in [1.165, 1.54) is 5.56 Å². The molecule has 0 aliphatic carbocycles. The zero-order valence-electron chi connectivity index (χ0n) is 9.47. The summed E-state index contributed by atoms with van der Waals surface area (Å²) in [6.45, 7) is 2.14. The Morgan fingerprint density at radius 3 is 2.50 bits per heavy atom. The summed E-state index contributed by atoms with van der Waals surface area (Å²) in [4.78, 5) is 8.19. The van der Waals surface area contributed by atoms with Gasteiger partial charge in [-0.1, -0.05) is 31.2 Å². The molecule has 0 amide bonds. The van der Waals surface area contributed by atoms with E-state index in [2.05, 4.69) is 41.2 Å². The topological polar surface area (TPSA) is 35.0 Å². The summed E-state index contributed by atoms with van der Waals surface area (Å²) in [5, 5.41) is 0. The summed E-state index contributed by atoms with van der Waals surface area (Å²) < 4.78 is 4.93. The lowest BCUT2D eigenvalue weighted by atomic mass is 10.0. The number of ether oxygens (including phenoxy) is 1. The molecule has 0 spiro atoms. The van der Waals surface area contributed by atoms with Crippen molar-refractivity contribution in [3.05, 3.63) is 42.2 Å². The van der Waals surface area contributed by atoms with Crippen molar-refractivity contribution in [2.24, 2.45) is 0 Å². The molecule has 0 bridgehead atoms. The second kappa shape index (κ2) is 4.75. The monoisotopic (exact) mass is 214 g/mol. The first-order chi connectivity index (χ1) is 7.83. The molecule has 3 heteroatoms. The van der Waals surface area contributed by atoms with E-state index in [1.807, 2.05) is 0 Å². The van der Waals surface area contributed by atoms with Crippen LogP contribution >= 0.6 is 0 Å². The van der Waals surface area contributed by atoms with Crippen LogP contribution in [0.5, 0.6) is 6.01 Å². The van der Waals surface area contributed by atoms with E-state index in [-0.39, 0.29) is 0 Å². The van der Waals surface area contributed by atoms with E-state index >= 15 is 0 Å². The van der Waals surface area contributed by atoms with Crippen LogP contribution in [0.2, 0.25) is 0 Å². The number of benzene rings is 1. The fourth-order valence-corrected chi connectivity index (χ4v) is 1.54. The van der Waals surface area contributed by atoms with Crippen molar-refractivity contribution in [2.75, 3.05) is 7.11 Å². The average molecular weight is 214 g/mol. The van der Waals surface area contributed by atoms with E-state index in [0.29, 0.717) is 6.01 Å². The lowest BCUT2D eigenvalue weighted by molar-refractivity contribution is 0.380. The molecular formula is C13H14N2O. The van der Waals surface area contributed by atoms with Crippen molar-refractivity contribution < 1.29 is 4.74 Å². The van der Waals surface area contributed by atoms with E-state index < -0.39 is 0 Å². The molecule has 0 N–H and O–H groups in total. The number of hydrogen-bond acceptors (Lipinski definition) is 3. The molecule has 2 rings (SSSR count). The van der Waals surface area contributed by atoms with Crippen molar-refractivity contribution in [1.82, 2.24) is 9.97 Å². The average Bonchev–Trinajstić information content (AvgIpc) is 2.39. The highest BCUT2D eigenvalue weighted by Crippen LogP contribution is 2.19. The van der Waals surface area contributed by atoms with E-state index in [9.17, 15) is 0 Å². The second-order valence-electron chi connectivity index (χ2n) is 3.51. The second-order valence-corrected chi connectivity index (χ2v) is 3.51. The molecule has 1 aromatic carbocycles. The van der Waals surface area contributed by atoms with Gasteiger partial charge in [0.25, 0.3) is 0 Å². The fourth-order valence-electron chi connectivity index (χ4n) is 1.54. The third-order valence-corrected chi connectivity index (χ3v) is 2.48. The summed E-state index contributed by atoms with van der Waals surface area (Å²) in [6, 6.07) is 8.79. The molecule has 2 aromatic rings. The molecule has 16 heavy (non-hydrogen) atoms. The maximum Gasteiger partial charge on any atom is 0.316 e. The van der Waals surface area contributed by atoms with Gasteiger partial charge in [0.05, 0.1) is 7.11 Å². The van der Waals surface area contributed by atoms with E-state index in [0.717, 1.165) is 17.5 Å². The Balaban J connectivity index is 2.34. The normalized spacial score (nSPS) is 10.1. The quantitative estimate of drug-likeness (QED) is 0.788. The molecule has 0 aliphatic heterocycles. The predicted molar refractivity (Wildman–Crippen MR) is 63.4 cm³/mol. The smallest absolute Gasteiger partial charge is 0.316 e. The molecule has 0 radical (unpaired) electrons. The largest absolute Gasteiger partial charge is 0.467 e. The van der Waals surface area contributed by atoms with Crippen LogP contribution < -0.4 is 4.74 Å². The third kappa shape index (κ3) is 2.19. The van der Waals surface area contributed by atoms with E-state index in [1.54, 1.807) is 19.5 Å². The SMILES string of the molecule is CCc1cccc(-c2cnc(OC)nc2)c1. The van der Waals surface area contributed by atoms with Gasteiger partial charge in [0.15, 0.2) is 0 Å². The molecule has 0 atom stereocenters. The van der Waals surface area contributed by atoms with Gasteiger partial charge in [-0.15, -0.1) is 0 Å². The number of nitrogens with zero attached hydrogens (tertiary/aromatic N) is 2. The van der Waals surface area contributed by atoms with Crippen molar-refractivity contribution in [1.29, 1.82) is 0 Å². The summed E-state index contributed by atoms with van der Waals surface area (Å²) in [6.07, 6.45) is 4.59. The first-order valence-corrected chi connectivity index (χ1v) is 5.29. The van der Waals surface area contributed by atoms with Gasteiger partial charge < -0.3 is 4.74 Å². The lowest BCUT2D eigenvalue weighted by Crippen LogP contribution is -1.91. The van der Waals surface area contributed by atoms with Crippen LogP contribution in [0, 0.1) is 0 Å². The van der Waals surface area contributed by atoms with Crippen LogP contribution in [-0.2, 0) is 6.42 Å². The Kier molecular flexibility index (Phi) is 3.15. The molecule has 0 saturated heterocycles. The Morgan fingerprint density at radius 1 is 1.12 bits per heavy atom. The van der Waals surface area contributed by atoms with Gasteiger partial charge in [0.2, 0.25) is 0 Å². The number of methoxy groups -OCH3 is 1. The molecular weight excluding hydrogens is 200 g/mol. The van der Waals surface area contributed by atoms with Gasteiger partial charge >= 0.3 is 6.01 Å². The molecule has 0 fully saturated rings. The van der Waals surface area contributed by atoms with Gasteiger partial charge in [-0.25, -0.2) is 9.97 Å². The standard InChI is InChI=1S/C13H14N2O/c1-3-10-5-4-6-11(7-10)12-8-14-13(16-2)15-9-12/h4-9H,3H2,1-2H3. The van der Waals surface area contributed by atoms with Crippen LogP contribution in [0.3, 0.4) is 0 Å². The summed E-state index contributed by atoms with van der Waals surface area (Å²) in [5.74, 6) is 0. The van der Waals surface area contributed by atoms with Crippen LogP contribution in [0.4, 0.5) is 0 Å². The van der Waals surface area contributed by atoms with Gasteiger partial charge in [-0.3, -0.25) is 0 Å². The highest BCUT2D eigenvalue weighted by molar-refractivity contribution is 5.62. The van der Waals surface area contributed by atoms with Gasteiger partial charge in [-0.05, 0) is 17.5 Å². The maximum absolute atomic E-state index is 4.93. The van der Waals surface area contributed by atoms with Gasteiger partial charge in [-0.2, -0.15) is 0 Å². The predicted octanol–water partition coefficient (Wildman–Crippen LogP) is 2.71. The minimum Gasteiger partial charge on any atom is -0.467 e. The zero-order valence-corrected chi connectivity index (χ0v) is 9.47. The number of aromatic nitrogens is 2. The number of aryl methyl sites for hydroxylation is 1. The fraction of sp³-hybridized carbons (Fsp3) is 0.231. The van der Waals surface area contributed by atoms with Crippen LogP contribution in [0.25, 0.3) is 11.1 Å². The number of rotatable bonds is 3. The molecule has 82 valence electrons. The lowest BCUT2D eigenvalue weighted by Gasteiger charge is -2.03. The number of hydrogen-bond donors (Lipinski definition) is 0. The van der Waals surface area contributed by atoms with Crippen molar-refractivity contribution >= 4 is 0 Å². The minimum atomic E-state index is 0.399. The first-order valence-electron chi connectivity index (χ1n) is 5.29. The highest BCUT2D eigenvalue weighted by atomic mass is 16.5. The summed E-state index contributed by atoms with van der Waals surface area (Å²) >= 11 is 0. The Hall–Kier alpha value is -1.90. The van der Waals surface area contributed by atoms with Crippen molar-refractivity contribution in [2.45, 2.75) is 13.3 Å². The molecule has 0 saturated carbocycles. The van der Waals surface area contributed by atoms with Crippen LogP contribution in [0.15, 0.2) is 36.7 Å². The Bertz CT molecular complexity index is 466. The zero-order chi connectivity index (χ0) is 11.4. The third-order valence-electron chi connectivity index (χ3n) is 2.48. The van der Waals surface area contributed by atoms with Gasteiger partial charge in [0, 0.05) is 18.0 Å². The summed E-state index contributed by atoms with van der Waals surface area (Å²) in [5.41, 5.74) is 3.46. The summed E-state index contributed by atoms with van der Waals surface area (Å²) in [7, 11) is 1.56. The molecule has 0 unspecified atom stereocenters. The van der Waals surface area contributed by atoms with Gasteiger partial charge in [0.1, 0.15) is 0 Å². The van der Waals surface area contributed by atoms with Crippen LogP contribution in [-0.4, -0.2) is 17.1 Å². The van der Waals surface area contributed by atoms with Crippen LogP contribution in [0.1, 0.15) is 12.5 Å². The Morgan fingerprint density at radius 2 is 1.88 bits per heavy atom. The molecule has 1 aromatic heterocycles. The maximum atomic E-state index is 4.93. The molecule has 3 nitrogen and oxygen atoms in total. The highest BCUT2D eigenvalue weighted by Gasteiger charge is 2.00. The van der Waals surface area contributed by atoms with E-state index in [4.69, 9.17) is 4.74 Å². The molecule has 0 aliphatic rings.